The van der Waals surface area contributed by atoms with Gasteiger partial charge in [-0.15, -0.1) is 0 Å². The lowest BCUT2D eigenvalue weighted by atomic mass is 9.86. The molecule has 106 valence electrons. The maximum absolute atomic E-state index is 11.3. The Balaban J connectivity index is 2.46. The van der Waals surface area contributed by atoms with E-state index in [1.807, 2.05) is 31.2 Å². The Bertz CT molecular complexity index is 619. The molecular weight excluding hydrogens is 252 g/mol. The van der Waals surface area contributed by atoms with Gasteiger partial charge in [-0.2, -0.15) is 5.10 Å². The number of aromatic carboxylic acids is 1. The molecule has 0 radical (unpaired) electrons. The highest BCUT2D eigenvalue weighted by Crippen LogP contribution is 2.27. The molecule has 0 aliphatic rings. The third kappa shape index (κ3) is 2.74. The minimum atomic E-state index is -0.945. The van der Waals surface area contributed by atoms with E-state index in [1.165, 1.54) is 5.56 Å². The van der Waals surface area contributed by atoms with Gasteiger partial charge >= 0.3 is 5.97 Å². The summed E-state index contributed by atoms with van der Waals surface area (Å²) in [5, 5.41) is 13.6. The van der Waals surface area contributed by atoms with E-state index < -0.39 is 5.97 Å². The van der Waals surface area contributed by atoms with Crippen LogP contribution < -0.4 is 0 Å². The number of hydrogen-bond donors (Lipinski definition) is 1. The van der Waals surface area contributed by atoms with Crippen LogP contribution in [0.2, 0.25) is 0 Å². The SMILES string of the molecule is CCn1cc(C(=O)O)c(-c2ccc(C(C)(C)C)cc2)n1. The number of rotatable bonds is 3. The van der Waals surface area contributed by atoms with Gasteiger partial charge in [-0.25, -0.2) is 4.79 Å². The smallest absolute Gasteiger partial charge is 0.339 e. The van der Waals surface area contributed by atoms with E-state index in [9.17, 15) is 9.90 Å². The highest BCUT2D eigenvalue weighted by atomic mass is 16.4. The van der Waals surface area contributed by atoms with Crippen LogP contribution in [0.25, 0.3) is 11.3 Å². The van der Waals surface area contributed by atoms with Crippen molar-refractivity contribution in [3.05, 3.63) is 41.6 Å². The Morgan fingerprint density at radius 3 is 2.30 bits per heavy atom. The molecule has 0 saturated heterocycles. The third-order valence-electron chi connectivity index (χ3n) is 3.34. The van der Waals surface area contributed by atoms with Gasteiger partial charge in [0.25, 0.3) is 0 Å². The first-order valence-corrected chi connectivity index (χ1v) is 6.74. The zero-order valence-corrected chi connectivity index (χ0v) is 12.3. The molecule has 4 heteroatoms. The molecule has 1 aromatic heterocycles. The van der Waals surface area contributed by atoms with Crippen molar-refractivity contribution < 1.29 is 9.90 Å². The second-order valence-corrected chi connectivity index (χ2v) is 5.88. The average molecular weight is 272 g/mol. The lowest BCUT2D eigenvalue weighted by Crippen LogP contribution is -2.10. The minimum absolute atomic E-state index is 0.0803. The Kier molecular flexibility index (Phi) is 3.66. The quantitative estimate of drug-likeness (QED) is 0.929. The van der Waals surface area contributed by atoms with Crippen LogP contribution in [0, 0.1) is 0 Å². The number of hydrogen-bond acceptors (Lipinski definition) is 2. The molecule has 1 N–H and O–H groups in total. The summed E-state index contributed by atoms with van der Waals surface area (Å²) in [6.07, 6.45) is 1.58. The Morgan fingerprint density at radius 2 is 1.85 bits per heavy atom. The summed E-state index contributed by atoms with van der Waals surface area (Å²) in [7, 11) is 0. The number of carbonyl (C=O) groups is 1. The summed E-state index contributed by atoms with van der Waals surface area (Å²) < 4.78 is 1.65. The maximum atomic E-state index is 11.3. The Morgan fingerprint density at radius 1 is 1.25 bits per heavy atom. The molecule has 1 heterocycles. The molecule has 0 bridgehead atoms. The van der Waals surface area contributed by atoms with Gasteiger partial charge in [0.2, 0.25) is 0 Å². The van der Waals surface area contributed by atoms with E-state index in [1.54, 1.807) is 10.9 Å². The first-order chi connectivity index (χ1) is 9.32. The van der Waals surface area contributed by atoms with Crippen LogP contribution in [-0.2, 0) is 12.0 Å². The van der Waals surface area contributed by atoms with Crippen molar-refractivity contribution >= 4 is 5.97 Å². The molecule has 2 rings (SSSR count). The van der Waals surface area contributed by atoms with Crippen LogP contribution in [0.1, 0.15) is 43.6 Å². The highest BCUT2D eigenvalue weighted by Gasteiger charge is 2.18. The zero-order valence-electron chi connectivity index (χ0n) is 12.3. The van der Waals surface area contributed by atoms with Crippen LogP contribution in [-0.4, -0.2) is 20.9 Å². The van der Waals surface area contributed by atoms with Crippen molar-refractivity contribution in [2.75, 3.05) is 0 Å². The van der Waals surface area contributed by atoms with Crippen molar-refractivity contribution in [2.24, 2.45) is 0 Å². The predicted octanol–water partition coefficient (Wildman–Crippen LogP) is 3.57. The molecule has 0 amide bonds. The summed E-state index contributed by atoms with van der Waals surface area (Å²) in [5.41, 5.74) is 2.91. The standard InChI is InChI=1S/C16H20N2O2/c1-5-18-10-13(15(19)20)14(17-18)11-6-8-12(9-7-11)16(2,3)4/h6-10H,5H2,1-4H3,(H,19,20). The lowest BCUT2D eigenvalue weighted by Gasteiger charge is -2.19. The van der Waals surface area contributed by atoms with E-state index in [0.29, 0.717) is 12.2 Å². The molecule has 0 spiro atoms. The molecule has 0 saturated carbocycles. The summed E-state index contributed by atoms with van der Waals surface area (Å²) >= 11 is 0. The van der Waals surface area contributed by atoms with E-state index in [-0.39, 0.29) is 11.0 Å². The largest absolute Gasteiger partial charge is 0.478 e. The van der Waals surface area contributed by atoms with Crippen LogP contribution in [0.4, 0.5) is 0 Å². The van der Waals surface area contributed by atoms with Gasteiger partial charge in [0.1, 0.15) is 11.3 Å². The average Bonchev–Trinajstić information content (AvgIpc) is 2.82. The van der Waals surface area contributed by atoms with E-state index in [4.69, 9.17) is 0 Å². The normalized spacial score (nSPS) is 11.6. The van der Waals surface area contributed by atoms with Gasteiger partial charge in [-0.05, 0) is 17.9 Å². The molecule has 0 aliphatic carbocycles. The molecule has 4 nitrogen and oxygen atoms in total. The Labute approximate surface area is 119 Å². The molecule has 0 aliphatic heterocycles. The molecule has 20 heavy (non-hydrogen) atoms. The van der Waals surface area contributed by atoms with Crippen LogP contribution in [0.3, 0.4) is 0 Å². The molecule has 0 atom stereocenters. The van der Waals surface area contributed by atoms with Crippen molar-refractivity contribution in [1.82, 2.24) is 9.78 Å². The summed E-state index contributed by atoms with van der Waals surface area (Å²) in [4.78, 5) is 11.3. The fourth-order valence-corrected chi connectivity index (χ4v) is 2.08. The Hall–Kier alpha value is -2.10. The molecule has 1 aromatic carbocycles. The van der Waals surface area contributed by atoms with Crippen molar-refractivity contribution in [3.8, 4) is 11.3 Å². The van der Waals surface area contributed by atoms with Gasteiger partial charge < -0.3 is 5.11 Å². The topological polar surface area (TPSA) is 55.1 Å². The van der Waals surface area contributed by atoms with E-state index in [2.05, 4.69) is 25.9 Å². The fraction of sp³-hybridized carbons (Fsp3) is 0.375. The van der Waals surface area contributed by atoms with Crippen LogP contribution in [0.5, 0.6) is 0 Å². The molecular formula is C16H20N2O2. The van der Waals surface area contributed by atoms with E-state index >= 15 is 0 Å². The first kappa shape index (κ1) is 14.3. The van der Waals surface area contributed by atoms with Crippen molar-refractivity contribution in [1.29, 1.82) is 0 Å². The fourth-order valence-electron chi connectivity index (χ4n) is 2.08. The minimum Gasteiger partial charge on any atom is -0.478 e. The van der Waals surface area contributed by atoms with Gasteiger partial charge in [0, 0.05) is 18.3 Å². The number of carboxylic acid groups (broad SMARTS) is 1. The lowest BCUT2D eigenvalue weighted by molar-refractivity contribution is 0.0697. The summed E-state index contributed by atoms with van der Waals surface area (Å²) in [6, 6.07) is 7.95. The zero-order chi connectivity index (χ0) is 14.9. The van der Waals surface area contributed by atoms with Crippen molar-refractivity contribution in [3.63, 3.8) is 0 Å². The number of aromatic nitrogens is 2. The summed E-state index contributed by atoms with van der Waals surface area (Å²) in [5.74, 6) is -0.945. The monoisotopic (exact) mass is 272 g/mol. The number of nitrogens with zero attached hydrogens (tertiary/aromatic N) is 2. The number of aryl methyl sites for hydroxylation is 1. The number of carboxylic acids is 1. The van der Waals surface area contributed by atoms with E-state index in [0.717, 1.165) is 5.56 Å². The van der Waals surface area contributed by atoms with Gasteiger partial charge in [-0.1, -0.05) is 45.0 Å². The molecule has 0 unspecified atom stereocenters. The molecule has 2 aromatic rings. The van der Waals surface area contributed by atoms with Gasteiger partial charge in [0.05, 0.1) is 0 Å². The first-order valence-electron chi connectivity index (χ1n) is 6.74. The summed E-state index contributed by atoms with van der Waals surface area (Å²) in [6.45, 7) is 9.04. The van der Waals surface area contributed by atoms with Crippen LogP contribution >= 0.6 is 0 Å². The van der Waals surface area contributed by atoms with Gasteiger partial charge in [0.15, 0.2) is 0 Å². The number of benzene rings is 1. The highest BCUT2D eigenvalue weighted by molar-refractivity contribution is 5.94. The van der Waals surface area contributed by atoms with Crippen LogP contribution in [0.15, 0.2) is 30.5 Å². The molecule has 0 fully saturated rings. The van der Waals surface area contributed by atoms with Crippen molar-refractivity contribution in [2.45, 2.75) is 39.7 Å². The van der Waals surface area contributed by atoms with Gasteiger partial charge in [-0.3, -0.25) is 4.68 Å². The predicted molar refractivity (Wildman–Crippen MR) is 79.0 cm³/mol. The second-order valence-electron chi connectivity index (χ2n) is 5.88. The third-order valence-corrected chi connectivity index (χ3v) is 3.34. The maximum Gasteiger partial charge on any atom is 0.339 e. The second kappa shape index (κ2) is 5.12.